The largest absolute Gasteiger partial charge is 0.389 e. The number of hydrogen-bond acceptors (Lipinski definition) is 4. The maximum absolute atomic E-state index is 10.1. The highest BCUT2D eigenvalue weighted by Crippen LogP contribution is 2.19. The Morgan fingerprint density at radius 2 is 2.14 bits per heavy atom. The van der Waals surface area contributed by atoms with Gasteiger partial charge in [-0.1, -0.05) is 30.3 Å². The lowest BCUT2D eigenvalue weighted by atomic mass is 9.95. The van der Waals surface area contributed by atoms with Gasteiger partial charge in [-0.3, -0.25) is 0 Å². The fourth-order valence-electron chi connectivity index (χ4n) is 3.03. The molecule has 1 aliphatic rings. The van der Waals surface area contributed by atoms with Crippen molar-refractivity contribution in [3.63, 3.8) is 0 Å². The summed E-state index contributed by atoms with van der Waals surface area (Å²) in [6.07, 6.45) is 3.17. The zero-order chi connectivity index (χ0) is 14.9. The second-order valence-corrected chi connectivity index (χ2v) is 6.00. The van der Waals surface area contributed by atoms with Crippen LogP contribution in [0.2, 0.25) is 0 Å². The summed E-state index contributed by atoms with van der Waals surface area (Å²) in [6.45, 7) is 4.57. The van der Waals surface area contributed by atoms with Crippen LogP contribution >= 0.6 is 0 Å². The van der Waals surface area contributed by atoms with Gasteiger partial charge in [0.1, 0.15) is 0 Å². The number of benzene rings is 1. The van der Waals surface area contributed by atoms with Gasteiger partial charge in [-0.05, 0) is 43.8 Å². The Morgan fingerprint density at radius 1 is 1.33 bits per heavy atom. The van der Waals surface area contributed by atoms with Crippen molar-refractivity contribution in [3.05, 3.63) is 35.9 Å². The van der Waals surface area contributed by atoms with Gasteiger partial charge in [0.15, 0.2) is 0 Å². The Balaban J connectivity index is 1.63. The van der Waals surface area contributed by atoms with Crippen molar-refractivity contribution >= 4 is 0 Å². The summed E-state index contributed by atoms with van der Waals surface area (Å²) < 4.78 is 5.60. The van der Waals surface area contributed by atoms with E-state index in [2.05, 4.69) is 4.90 Å². The summed E-state index contributed by atoms with van der Waals surface area (Å²) in [6, 6.07) is 10.1. The number of rotatable bonds is 8. The third-order valence-electron chi connectivity index (χ3n) is 4.07. The molecule has 1 aromatic carbocycles. The maximum atomic E-state index is 10.1. The highest BCUT2D eigenvalue weighted by Gasteiger charge is 2.21. The van der Waals surface area contributed by atoms with Crippen molar-refractivity contribution in [2.75, 3.05) is 32.8 Å². The summed E-state index contributed by atoms with van der Waals surface area (Å²) in [5, 5.41) is 10.1. The zero-order valence-electron chi connectivity index (χ0n) is 12.8. The number of ether oxygens (including phenoxy) is 1. The van der Waals surface area contributed by atoms with Crippen LogP contribution in [0, 0.1) is 5.92 Å². The van der Waals surface area contributed by atoms with E-state index in [1.165, 1.54) is 12.8 Å². The molecule has 3 N–H and O–H groups in total. The van der Waals surface area contributed by atoms with Gasteiger partial charge in [0.25, 0.3) is 0 Å². The highest BCUT2D eigenvalue weighted by atomic mass is 16.5. The Bertz CT molecular complexity index is 384. The second kappa shape index (κ2) is 9.15. The smallest absolute Gasteiger partial charge is 0.0900 e. The third-order valence-corrected chi connectivity index (χ3v) is 4.07. The fraction of sp³-hybridized carbons (Fsp3) is 0.647. The molecule has 1 aliphatic heterocycles. The van der Waals surface area contributed by atoms with E-state index in [0.29, 0.717) is 25.7 Å². The molecule has 4 heteroatoms. The SMILES string of the molecule is NCCC1CCCN(CC(O)COCc2ccccc2)C1. The predicted octanol–water partition coefficient (Wildman–Crippen LogP) is 1.62. The number of piperidine rings is 1. The summed E-state index contributed by atoms with van der Waals surface area (Å²) in [7, 11) is 0. The van der Waals surface area contributed by atoms with Gasteiger partial charge < -0.3 is 20.5 Å². The molecule has 0 amide bonds. The molecular weight excluding hydrogens is 264 g/mol. The van der Waals surface area contributed by atoms with Crippen molar-refractivity contribution in [1.82, 2.24) is 4.90 Å². The molecule has 4 nitrogen and oxygen atoms in total. The van der Waals surface area contributed by atoms with Crippen LogP contribution in [0.1, 0.15) is 24.8 Å². The van der Waals surface area contributed by atoms with Gasteiger partial charge in [0, 0.05) is 13.1 Å². The van der Waals surface area contributed by atoms with Gasteiger partial charge in [-0.15, -0.1) is 0 Å². The lowest BCUT2D eigenvalue weighted by Crippen LogP contribution is -2.41. The van der Waals surface area contributed by atoms with Crippen LogP contribution in [0.15, 0.2) is 30.3 Å². The average Bonchev–Trinajstić information content (AvgIpc) is 2.49. The lowest BCUT2D eigenvalue weighted by molar-refractivity contribution is 0.00278. The molecule has 0 radical (unpaired) electrons. The quantitative estimate of drug-likeness (QED) is 0.764. The van der Waals surface area contributed by atoms with Crippen molar-refractivity contribution in [3.8, 4) is 0 Å². The number of hydrogen-bond donors (Lipinski definition) is 2. The number of aliphatic hydroxyl groups excluding tert-OH is 1. The van der Waals surface area contributed by atoms with Crippen LogP contribution in [0.4, 0.5) is 0 Å². The standard InChI is InChI=1S/C17H28N2O2/c18-9-8-15-7-4-10-19(11-15)12-17(20)14-21-13-16-5-2-1-3-6-16/h1-3,5-6,15,17,20H,4,7-14,18H2. The minimum absolute atomic E-state index is 0.396. The van der Waals surface area contributed by atoms with Gasteiger partial charge in [0.2, 0.25) is 0 Å². The number of aliphatic hydroxyl groups is 1. The molecule has 0 saturated carbocycles. The lowest BCUT2D eigenvalue weighted by Gasteiger charge is -2.33. The summed E-state index contributed by atoms with van der Waals surface area (Å²) in [5.41, 5.74) is 6.78. The highest BCUT2D eigenvalue weighted by molar-refractivity contribution is 5.13. The average molecular weight is 292 g/mol. The van der Waals surface area contributed by atoms with Gasteiger partial charge in [-0.2, -0.15) is 0 Å². The van der Waals surface area contributed by atoms with E-state index in [9.17, 15) is 5.11 Å². The van der Waals surface area contributed by atoms with Crippen LogP contribution in [0.3, 0.4) is 0 Å². The molecule has 118 valence electrons. The topological polar surface area (TPSA) is 58.7 Å². The first-order valence-electron chi connectivity index (χ1n) is 8.00. The first-order valence-corrected chi connectivity index (χ1v) is 8.00. The molecule has 2 rings (SSSR count). The first kappa shape index (κ1) is 16.4. The summed E-state index contributed by atoms with van der Waals surface area (Å²) >= 11 is 0. The summed E-state index contributed by atoms with van der Waals surface area (Å²) in [4.78, 5) is 2.35. The number of β-amino-alcohol motifs (C(OH)–C–C–N with tert-alkyl or cyclic N) is 1. The molecule has 2 unspecified atom stereocenters. The molecule has 0 bridgehead atoms. The van der Waals surface area contributed by atoms with E-state index in [-0.39, 0.29) is 0 Å². The summed E-state index contributed by atoms with van der Waals surface area (Å²) in [5.74, 6) is 0.696. The molecule has 2 atom stereocenters. The minimum atomic E-state index is -0.412. The predicted molar refractivity (Wildman–Crippen MR) is 84.9 cm³/mol. The molecular formula is C17H28N2O2. The molecule has 1 fully saturated rings. The van der Waals surface area contributed by atoms with E-state index in [4.69, 9.17) is 10.5 Å². The van der Waals surface area contributed by atoms with Crippen LogP contribution in [-0.2, 0) is 11.3 Å². The van der Waals surface area contributed by atoms with Crippen LogP contribution in [0.25, 0.3) is 0 Å². The van der Waals surface area contributed by atoms with E-state index < -0.39 is 6.10 Å². The monoisotopic (exact) mass is 292 g/mol. The van der Waals surface area contributed by atoms with Crippen molar-refractivity contribution in [1.29, 1.82) is 0 Å². The van der Waals surface area contributed by atoms with Crippen LogP contribution in [-0.4, -0.2) is 48.9 Å². The van der Waals surface area contributed by atoms with Gasteiger partial charge in [0.05, 0.1) is 19.3 Å². The Hall–Kier alpha value is -0.940. The molecule has 0 aromatic heterocycles. The van der Waals surface area contributed by atoms with Gasteiger partial charge in [-0.25, -0.2) is 0 Å². The zero-order valence-corrected chi connectivity index (χ0v) is 12.8. The molecule has 21 heavy (non-hydrogen) atoms. The van der Waals surface area contributed by atoms with Crippen LogP contribution < -0.4 is 5.73 Å². The fourth-order valence-corrected chi connectivity index (χ4v) is 3.03. The van der Waals surface area contributed by atoms with E-state index >= 15 is 0 Å². The number of likely N-dealkylation sites (tertiary alicyclic amines) is 1. The van der Waals surface area contributed by atoms with E-state index in [1.807, 2.05) is 30.3 Å². The van der Waals surface area contributed by atoms with E-state index in [0.717, 1.165) is 31.6 Å². The number of nitrogens with zero attached hydrogens (tertiary/aromatic N) is 1. The molecule has 1 heterocycles. The minimum Gasteiger partial charge on any atom is -0.389 e. The molecule has 1 saturated heterocycles. The normalized spacial score (nSPS) is 21.3. The third kappa shape index (κ3) is 6.14. The van der Waals surface area contributed by atoms with Crippen LogP contribution in [0.5, 0.6) is 0 Å². The van der Waals surface area contributed by atoms with Crippen molar-refractivity contribution in [2.24, 2.45) is 11.7 Å². The Kier molecular flexibility index (Phi) is 7.16. The Labute approximate surface area is 127 Å². The van der Waals surface area contributed by atoms with Crippen molar-refractivity contribution in [2.45, 2.75) is 32.0 Å². The number of nitrogens with two attached hydrogens (primary N) is 1. The second-order valence-electron chi connectivity index (χ2n) is 6.00. The first-order chi connectivity index (χ1) is 10.3. The molecule has 1 aromatic rings. The van der Waals surface area contributed by atoms with Crippen molar-refractivity contribution < 1.29 is 9.84 Å². The van der Waals surface area contributed by atoms with Gasteiger partial charge >= 0.3 is 0 Å². The Morgan fingerprint density at radius 3 is 2.90 bits per heavy atom. The molecule has 0 spiro atoms. The maximum Gasteiger partial charge on any atom is 0.0900 e. The van der Waals surface area contributed by atoms with E-state index in [1.54, 1.807) is 0 Å². The molecule has 0 aliphatic carbocycles.